The lowest BCUT2D eigenvalue weighted by atomic mass is 10.3. The van der Waals surface area contributed by atoms with E-state index in [0.29, 0.717) is 0 Å². The van der Waals surface area contributed by atoms with Crippen molar-refractivity contribution in [3.63, 3.8) is 0 Å². The molecule has 5 nitrogen and oxygen atoms in total. The molecule has 0 saturated carbocycles. The molecule has 0 aromatic carbocycles. The summed E-state index contributed by atoms with van der Waals surface area (Å²) in [6.45, 7) is 0. The van der Waals surface area contributed by atoms with Crippen LogP contribution in [0.1, 0.15) is 0 Å². The minimum atomic E-state index is -0.836. The zero-order valence-electron chi connectivity index (χ0n) is 5.22. The molecule has 0 radical (unpaired) electrons. The van der Waals surface area contributed by atoms with Gasteiger partial charge in [0.25, 0.3) is 5.91 Å². The first kappa shape index (κ1) is 8.35. The van der Waals surface area contributed by atoms with Gasteiger partial charge in [-0.1, -0.05) is 0 Å². The molecule has 1 amide bonds. The van der Waals surface area contributed by atoms with Gasteiger partial charge in [-0.25, -0.2) is 0 Å². The maximum absolute atomic E-state index is 10.1. The highest BCUT2D eigenvalue weighted by Gasteiger charge is 1.96. The summed E-state index contributed by atoms with van der Waals surface area (Å²) in [4.78, 5) is 10.1. The molecule has 0 aliphatic heterocycles. The number of nitrogens with two attached hydrogens (primary N) is 2. The Morgan fingerprint density at radius 2 is 1.70 bits per heavy atom. The zero-order valence-corrected chi connectivity index (χ0v) is 5.22. The topological polar surface area (TPSA) is 117 Å². The van der Waals surface area contributed by atoms with Gasteiger partial charge >= 0.3 is 0 Å². The number of hydrogen-bond donors (Lipinski definition) is 4. The molecule has 0 atom stereocenters. The molecule has 0 rings (SSSR count). The Kier molecular flexibility index (Phi) is 2.83. The van der Waals surface area contributed by atoms with E-state index in [9.17, 15) is 4.79 Å². The van der Waals surface area contributed by atoms with Crippen molar-refractivity contribution in [1.29, 1.82) is 10.8 Å². The van der Waals surface area contributed by atoms with Crippen LogP contribution in [0.4, 0.5) is 0 Å². The second-order valence-electron chi connectivity index (χ2n) is 1.57. The quantitative estimate of drug-likeness (QED) is 0.297. The number of nitrogens with one attached hydrogen (secondary N) is 2. The average molecular weight is 140 g/mol. The van der Waals surface area contributed by atoms with Crippen molar-refractivity contribution in [3.05, 3.63) is 12.2 Å². The van der Waals surface area contributed by atoms with Crippen LogP contribution in [-0.4, -0.2) is 17.5 Å². The van der Waals surface area contributed by atoms with E-state index < -0.39 is 5.91 Å². The van der Waals surface area contributed by atoms with Crippen LogP contribution in [0.3, 0.4) is 0 Å². The monoisotopic (exact) mass is 140 g/mol. The molecule has 0 aliphatic rings. The maximum atomic E-state index is 10.1. The number of carbonyl (C=O) groups excluding carboxylic acids is 1. The van der Waals surface area contributed by atoms with Crippen molar-refractivity contribution in [2.75, 3.05) is 0 Å². The largest absolute Gasteiger partial charge is 0.384 e. The molecule has 5 heteroatoms. The Balaban J connectivity index is 4.03. The van der Waals surface area contributed by atoms with Crippen LogP contribution in [-0.2, 0) is 4.79 Å². The van der Waals surface area contributed by atoms with E-state index in [1.165, 1.54) is 0 Å². The lowest BCUT2D eigenvalue weighted by molar-refractivity contribution is -0.111. The average Bonchev–Trinajstić information content (AvgIpc) is 1.82. The van der Waals surface area contributed by atoms with Gasteiger partial charge in [0.15, 0.2) is 0 Å². The van der Waals surface area contributed by atoms with Gasteiger partial charge in [-0.3, -0.25) is 15.6 Å². The van der Waals surface area contributed by atoms with Crippen molar-refractivity contribution < 1.29 is 4.79 Å². The number of carbonyl (C=O) groups is 1. The molecule has 0 aromatic rings. The molecule has 0 bridgehead atoms. The van der Waals surface area contributed by atoms with Crippen LogP contribution < -0.4 is 11.5 Å². The molecule has 0 unspecified atom stereocenters. The summed E-state index contributed by atoms with van der Waals surface area (Å²) in [5.41, 5.74) is 9.22. The molecule has 0 aliphatic carbocycles. The predicted molar refractivity (Wildman–Crippen MR) is 38.0 cm³/mol. The summed E-state index contributed by atoms with van der Waals surface area (Å²) in [5, 5.41) is 13.5. The van der Waals surface area contributed by atoms with Crippen molar-refractivity contribution in [2.24, 2.45) is 11.5 Å². The third-order valence-corrected chi connectivity index (χ3v) is 0.695. The van der Waals surface area contributed by atoms with E-state index in [4.69, 9.17) is 22.3 Å². The Morgan fingerprint density at radius 1 is 1.20 bits per heavy atom. The minimum absolute atomic E-state index is 0.217. The molecule has 0 saturated heterocycles. The third kappa shape index (κ3) is 3.36. The van der Waals surface area contributed by atoms with E-state index in [1.54, 1.807) is 0 Å². The van der Waals surface area contributed by atoms with Gasteiger partial charge in [-0.15, -0.1) is 0 Å². The highest BCUT2D eigenvalue weighted by molar-refractivity contribution is 6.41. The van der Waals surface area contributed by atoms with Crippen molar-refractivity contribution in [3.8, 4) is 0 Å². The normalized spacial score (nSPS) is 9.60. The second kappa shape index (κ2) is 3.39. The summed E-state index contributed by atoms with van der Waals surface area (Å²) in [7, 11) is 0. The van der Waals surface area contributed by atoms with E-state index in [-0.39, 0.29) is 11.5 Å². The Bertz CT molecular complexity index is 206. The number of primary amides is 1. The van der Waals surface area contributed by atoms with Crippen molar-refractivity contribution >= 4 is 17.5 Å². The number of hydrogen-bond acceptors (Lipinski definition) is 3. The first-order chi connectivity index (χ1) is 4.54. The van der Waals surface area contributed by atoms with E-state index in [2.05, 4.69) is 0 Å². The molecule has 6 N–H and O–H groups in total. The SMILES string of the molecule is N=C(N)/C=C\C(=N)C(N)=O. The van der Waals surface area contributed by atoms with E-state index >= 15 is 0 Å². The molecule has 10 heavy (non-hydrogen) atoms. The maximum Gasteiger partial charge on any atom is 0.266 e. The lowest BCUT2D eigenvalue weighted by Crippen LogP contribution is -2.20. The van der Waals surface area contributed by atoms with Gasteiger partial charge < -0.3 is 11.5 Å². The van der Waals surface area contributed by atoms with Crippen molar-refractivity contribution in [2.45, 2.75) is 0 Å². The van der Waals surface area contributed by atoms with Crippen LogP contribution in [0.15, 0.2) is 12.2 Å². The fourth-order valence-electron chi connectivity index (χ4n) is 0.255. The minimum Gasteiger partial charge on any atom is -0.384 e. The molecule has 0 aromatic heterocycles. The number of amidine groups is 1. The van der Waals surface area contributed by atoms with Gasteiger partial charge in [0.1, 0.15) is 11.5 Å². The molecule has 0 spiro atoms. The Labute approximate surface area is 57.7 Å². The summed E-state index contributed by atoms with van der Waals surface area (Å²) >= 11 is 0. The summed E-state index contributed by atoms with van der Waals surface area (Å²) in [6, 6.07) is 0. The van der Waals surface area contributed by atoms with Crippen LogP contribution >= 0.6 is 0 Å². The van der Waals surface area contributed by atoms with Crippen LogP contribution in [0.25, 0.3) is 0 Å². The summed E-state index contributed by atoms with van der Waals surface area (Å²) < 4.78 is 0. The van der Waals surface area contributed by atoms with Gasteiger partial charge in [0, 0.05) is 0 Å². The summed E-state index contributed by atoms with van der Waals surface area (Å²) in [6.07, 6.45) is 2.19. The predicted octanol–water partition coefficient (Wildman–Crippen LogP) is -1.02. The molecule has 0 heterocycles. The summed E-state index contributed by atoms with van der Waals surface area (Å²) in [5.74, 6) is -1.05. The molecular weight excluding hydrogens is 132 g/mol. The molecule has 0 fully saturated rings. The second-order valence-corrected chi connectivity index (χ2v) is 1.57. The van der Waals surface area contributed by atoms with Crippen LogP contribution in [0.2, 0.25) is 0 Å². The lowest BCUT2D eigenvalue weighted by Gasteiger charge is -1.87. The smallest absolute Gasteiger partial charge is 0.266 e. The van der Waals surface area contributed by atoms with Crippen molar-refractivity contribution in [1.82, 2.24) is 0 Å². The van der Waals surface area contributed by atoms with Gasteiger partial charge in [-0.05, 0) is 12.2 Å². The van der Waals surface area contributed by atoms with Gasteiger partial charge in [-0.2, -0.15) is 0 Å². The molecule has 54 valence electrons. The van der Waals surface area contributed by atoms with Crippen LogP contribution in [0.5, 0.6) is 0 Å². The first-order valence-corrected chi connectivity index (χ1v) is 2.44. The first-order valence-electron chi connectivity index (χ1n) is 2.44. The highest BCUT2D eigenvalue weighted by Crippen LogP contribution is 1.75. The van der Waals surface area contributed by atoms with Crippen LogP contribution in [0, 0.1) is 10.8 Å². The highest BCUT2D eigenvalue weighted by atomic mass is 16.1. The molecular formula is C5H8N4O. The van der Waals surface area contributed by atoms with Gasteiger partial charge in [0.2, 0.25) is 0 Å². The van der Waals surface area contributed by atoms with Gasteiger partial charge in [0.05, 0.1) is 0 Å². The number of amides is 1. The Hall–Kier alpha value is -1.65. The number of rotatable bonds is 3. The fraction of sp³-hybridized carbons (Fsp3) is 0. The fourth-order valence-corrected chi connectivity index (χ4v) is 0.255. The standard InChI is InChI=1S/C5H8N4O/c6-3(5(9)10)1-2-4(7)8/h1-2,6H,(H3,7,8)(H2,9,10)/b2-1-,6-3?. The Morgan fingerprint density at radius 3 is 2.00 bits per heavy atom. The van der Waals surface area contributed by atoms with E-state index in [1.807, 2.05) is 0 Å². The zero-order chi connectivity index (χ0) is 8.15. The third-order valence-electron chi connectivity index (χ3n) is 0.695. The van der Waals surface area contributed by atoms with E-state index in [0.717, 1.165) is 12.2 Å².